The lowest BCUT2D eigenvalue weighted by molar-refractivity contribution is -0.126. The Bertz CT molecular complexity index is 950. The summed E-state index contributed by atoms with van der Waals surface area (Å²) in [5, 5.41) is 3.21. The molecule has 4 nitrogen and oxygen atoms in total. The van der Waals surface area contributed by atoms with Gasteiger partial charge < -0.3 is 10.2 Å². The lowest BCUT2D eigenvalue weighted by Crippen LogP contribution is -2.47. The van der Waals surface area contributed by atoms with Gasteiger partial charge in [0, 0.05) is 37.0 Å². The number of benzene rings is 2. The molecule has 1 saturated heterocycles. The topological polar surface area (TPSA) is 49.4 Å². The lowest BCUT2D eigenvalue weighted by atomic mass is 9.69. The number of hydrogen-bond acceptors (Lipinski definition) is 2. The maximum atomic E-state index is 14.0. The van der Waals surface area contributed by atoms with Gasteiger partial charge in [-0.15, -0.1) is 0 Å². The van der Waals surface area contributed by atoms with E-state index in [-0.39, 0.29) is 22.8 Å². The number of hydrogen-bond donors (Lipinski definition) is 1. The molecule has 1 aliphatic carbocycles. The number of nitrogens with one attached hydrogen (secondary N) is 1. The van der Waals surface area contributed by atoms with Gasteiger partial charge in [-0.05, 0) is 43.4 Å². The van der Waals surface area contributed by atoms with Crippen LogP contribution < -0.4 is 5.32 Å². The summed E-state index contributed by atoms with van der Waals surface area (Å²) >= 11 is 0. The minimum atomic E-state index is -0.853. The Hall–Kier alpha value is -2.76. The molecule has 0 aromatic heterocycles. The molecule has 32 heavy (non-hydrogen) atoms. The van der Waals surface area contributed by atoms with Crippen molar-refractivity contribution in [2.24, 2.45) is 5.92 Å². The predicted octanol–water partition coefficient (Wildman–Crippen LogP) is 4.84. The van der Waals surface area contributed by atoms with Crippen LogP contribution in [0.3, 0.4) is 0 Å². The van der Waals surface area contributed by atoms with E-state index < -0.39 is 17.5 Å². The Morgan fingerprint density at radius 2 is 1.66 bits per heavy atom. The van der Waals surface area contributed by atoms with Crippen LogP contribution >= 0.6 is 0 Å². The molecule has 1 aliphatic heterocycles. The van der Waals surface area contributed by atoms with Gasteiger partial charge in [0.1, 0.15) is 11.6 Å². The number of likely N-dealkylation sites (tertiary alicyclic amines) is 1. The van der Waals surface area contributed by atoms with E-state index in [1.807, 2.05) is 6.07 Å². The van der Waals surface area contributed by atoms with E-state index in [2.05, 4.69) is 29.6 Å². The van der Waals surface area contributed by atoms with Crippen molar-refractivity contribution in [1.29, 1.82) is 0 Å². The summed E-state index contributed by atoms with van der Waals surface area (Å²) in [4.78, 5) is 27.1. The number of carbonyl (C=O) groups excluding carboxylic acids is 2. The van der Waals surface area contributed by atoms with Gasteiger partial charge in [0.15, 0.2) is 0 Å². The van der Waals surface area contributed by atoms with Crippen LogP contribution in [0.2, 0.25) is 0 Å². The first-order valence-electron chi connectivity index (χ1n) is 11.6. The molecule has 4 rings (SSSR count). The number of rotatable bonds is 5. The second-order valence-electron chi connectivity index (χ2n) is 9.12. The molecule has 2 fully saturated rings. The van der Waals surface area contributed by atoms with Gasteiger partial charge in [0.05, 0.1) is 5.56 Å². The van der Waals surface area contributed by atoms with E-state index >= 15 is 0 Å². The van der Waals surface area contributed by atoms with Crippen LogP contribution in [0.1, 0.15) is 60.9 Å². The van der Waals surface area contributed by atoms with E-state index in [4.69, 9.17) is 0 Å². The molecule has 2 aromatic rings. The van der Waals surface area contributed by atoms with Gasteiger partial charge in [-0.3, -0.25) is 9.59 Å². The van der Waals surface area contributed by atoms with Crippen molar-refractivity contribution in [3.63, 3.8) is 0 Å². The molecule has 2 aromatic carbocycles. The smallest absolute Gasteiger partial charge is 0.256 e. The third-order valence-corrected chi connectivity index (χ3v) is 7.11. The number of halogens is 2. The maximum absolute atomic E-state index is 14.0. The van der Waals surface area contributed by atoms with Crippen LogP contribution in [-0.2, 0) is 10.2 Å². The molecule has 1 N–H and O–H groups in total. The Morgan fingerprint density at radius 1 is 0.969 bits per heavy atom. The lowest BCUT2D eigenvalue weighted by Gasteiger charge is -2.39. The normalized spacial score (nSPS) is 18.9. The molecule has 0 radical (unpaired) electrons. The Morgan fingerprint density at radius 3 is 2.31 bits per heavy atom. The molecule has 0 unspecified atom stereocenters. The summed E-state index contributed by atoms with van der Waals surface area (Å²) in [6, 6.07) is 13.5. The van der Waals surface area contributed by atoms with Crippen LogP contribution in [0, 0.1) is 17.6 Å². The standard InChI is InChI=1S/C26H30F2N2O2/c27-21-9-10-22(23(28)17-21)25(32)30-15-11-19(12-16-30)24(31)29-18-26(13-5-2-6-14-26)20-7-3-1-4-8-20/h1,3-4,7-10,17,19H,2,5-6,11-16,18H2,(H,29,31). The molecule has 170 valence electrons. The van der Waals surface area contributed by atoms with Crippen LogP contribution in [0.25, 0.3) is 0 Å². The van der Waals surface area contributed by atoms with Crippen molar-refractivity contribution in [2.75, 3.05) is 19.6 Å². The molecule has 0 spiro atoms. The first kappa shape index (κ1) is 22.4. The van der Waals surface area contributed by atoms with E-state index in [0.29, 0.717) is 32.5 Å². The quantitative estimate of drug-likeness (QED) is 0.724. The van der Waals surface area contributed by atoms with E-state index in [0.717, 1.165) is 25.0 Å². The summed E-state index contributed by atoms with van der Waals surface area (Å²) in [5.41, 5.74) is 1.16. The summed E-state index contributed by atoms with van der Waals surface area (Å²) < 4.78 is 27.1. The number of piperidine rings is 1. The van der Waals surface area contributed by atoms with Crippen LogP contribution in [0.15, 0.2) is 48.5 Å². The zero-order valence-corrected chi connectivity index (χ0v) is 18.3. The molecule has 0 atom stereocenters. The highest BCUT2D eigenvalue weighted by molar-refractivity contribution is 5.94. The van der Waals surface area contributed by atoms with Gasteiger partial charge in [0.25, 0.3) is 5.91 Å². The third-order valence-electron chi connectivity index (χ3n) is 7.11. The van der Waals surface area contributed by atoms with Crippen LogP contribution in [-0.4, -0.2) is 36.3 Å². The van der Waals surface area contributed by atoms with Crippen molar-refractivity contribution in [3.05, 3.63) is 71.3 Å². The van der Waals surface area contributed by atoms with Crippen LogP contribution in [0.5, 0.6) is 0 Å². The fraction of sp³-hybridized carbons (Fsp3) is 0.462. The summed E-state index contributed by atoms with van der Waals surface area (Å²) in [6.45, 7) is 1.41. The highest BCUT2D eigenvalue weighted by atomic mass is 19.1. The molecule has 2 aliphatic rings. The minimum absolute atomic E-state index is 0.00799. The van der Waals surface area contributed by atoms with Gasteiger partial charge in [-0.25, -0.2) is 8.78 Å². The highest BCUT2D eigenvalue weighted by Gasteiger charge is 2.35. The summed E-state index contributed by atoms with van der Waals surface area (Å²) in [6.07, 6.45) is 6.82. The Labute approximate surface area is 188 Å². The van der Waals surface area contributed by atoms with Crippen molar-refractivity contribution in [3.8, 4) is 0 Å². The zero-order chi connectivity index (χ0) is 22.6. The fourth-order valence-electron chi connectivity index (χ4n) is 5.17. The number of carbonyl (C=O) groups is 2. The van der Waals surface area contributed by atoms with Gasteiger partial charge in [-0.1, -0.05) is 49.6 Å². The maximum Gasteiger partial charge on any atom is 0.256 e. The summed E-state index contributed by atoms with van der Waals surface area (Å²) in [7, 11) is 0. The average molecular weight is 441 g/mol. The van der Waals surface area contributed by atoms with Crippen LogP contribution in [0.4, 0.5) is 8.78 Å². The van der Waals surface area contributed by atoms with E-state index in [9.17, 15) is 18.4 Å². The largest absolute Gasteiger partial charge is 0.355 e. The molecule has 0 bridgehead atoms. The second kappa shape index (κ2) is 9.80. The highest BCUT2D eigenvalue weighted by Crippen LogP contribution is 2.39. The summed E-state index contributed by atoms with van der Waals surface area (Å²) in [5.74, 6) is -2.14. The number of amides is 2. The molecule has 2 amide bonds. The van der Waals surface area contributed by atoms with Crippen molar-refractivity contribution < 1.29 is 18.4 Å². The van der Waals surface area contributed by atoms with E-state index in [1.54, 1.807) is 4.90 Å². The van der Waals surface area contributed by atoms with Gasteiger partial charge in [0.2, 0.25) is 5.91 Å². The SMILES string of the molecule is O=C(NCC1(c2ccccc2)CCCCC1)C1CCN(C(=O)c2ccc(F)cc2F)CC1. The van der Waals surface area contributed by atoms with Crippen molar-refractivity contribution >= 4 is 11.8 Å². The molecule has 6 heteroatoms. The predicted molar refractivity (Wildman–Crippen MR) is 119 cm³/mol. The zero-order valence-electron chi connectivity index (χ0n) is 18.3. The van der Waals surface area contributed by atoms with E-state index in [1.165, 1.54) is 30.9 Å². The third kappa shape index (κ3) is 4.84. The van der Waals surface area contributed by atoms with Crippen molar-refractivity contribution in [2.45, 2.75) is 50.4 Å². The minimum Gasteiger partial charge on any atom is -0.355 e. The molecular formula is C26H30F2N2O2. The number of nitrogens with zero attached hydrogens (tertiary/aromatic N) is 1. The van der Waals surface area contributed by atoms with Crippen molar-refractivity contribution in [1.82, 2.24) is 10.2 Å². The van der Waals surface area contributed by atoms with Gasteiger partial charge in [-0.2, -0.15) is 0 Å². The first-order valence-corrected chi connectivity index (χ1v) is 11.6. The average Bonchev–Trinajstić information content (AvgIpc) is 2.83. The molecule has 1 heterocycles. The monoisotopic (exact) mass is 440 g/mol. The molecular weight excluding hydrogens is 410 g/mol. The second-order valence-corrected chi connectivity index (χ2v) is 9.12. The molecule has 1 saturated carbocycles. The van der Waals surface area contributed by atoms with Gasteiger partial charge >= 0.3 is 0 Å². The first-order chi connectivity index (χ1) is 15.5. The Balaban J connectivity index is 1.34. The Kier molecular flexibility index (Phi) is 6.87. The fourth-order valence-corrected chi connectivity index (χ4v) is 5.17.